The maximum atomic E-state index is 12.8. The second-order valence-electron chi connectivity index (χ2n) is 6.03. The summed E-state index contributed by atoms with van der Waals surface area (Å²) < 4.78 is 26.3. The van der Waals surface area contributed by atoms with Crippen LogP contribution in [0.3, 0.4) is 0 Å². The van der Waals surface area contributed by atoms with Crippen LogP contribution in [0.2, 0.25) is 0 Å². The number of hydrogen-bond acceptors (Lipinski definition) is 3. The van der Waals surface area contributed by atoms with Gasteiger partial charge in [-0.2, -0.15) is 13.9 Å². The number of likely N-dealkylation sites (tertiary alicyclic amines) is 1. The highest BCUT2D eigenvalue weighted by Crippen LogP contribution is 2.27. The van der Waals surface area contributed by atoms with Crippen molar-refractivity contribution in [1.82, 2.24) is 20.0 Å². The number of carbonyl (C=O) groups excluding carboxylic acids is 1. The van der Waals surface area contributed by atoms with Crippen LogP contribution in [0, 0.1) is 25.7 Å². The number of amides is 1. The number of alkyl halides is 2. The molecular weight excluding hydrogens is 314 g/mol. The Balaban J connectivity index is 0.00000176. The largest absolute Gasteiger partial charge is 0.342 e. The fourth-order valence-corrected chi connectivity index (χ4v) is 3.46. The number of aryl methyl sites for hydroxylation is 1. The van der Waals surface area contributed by atoms with E-state index < -0.39 is 6.55 Å². The lowest BCUT2D eigenvalue weighted by atomic mass is 10.0. The first-order valence-electron chi connectivity index (χ1n) is 7.28. The van der Waals surface area contributed by atoms with Crippen molar-refractivity contribution >= 4 is 18.3 Å². The molecule has 0 unspecified atom stereocenters. The lowest BCUT2D eigenvalue weighted by Crippen LogP contribution is -2.33. The van der Waals surface area contributed by atoms with Crippen molar-refractivity contribution in [3.8, 4) is 0 Å². The molecule has 1 N–H and O–H groups in total. The number of rotatable bonds is 3. The summed E-state index contributed by atoms with van der Waals surface area (Å²) in [7, 11) is 0. The van der Waals surface area contributed by atoms with Crippen molar-refractivity contribution in [3.05, 3.63) is 17.0 Å². The zero-order chi connectivity index (χ0) is 15.1. The Kier molecular flexibility index (Phi) is 5.07. The third-order valence-corrected chi connectivity index (χ3v) is 4.73. The number of aromatic nitrogens is 2. The number of halogens is 3. The van der Waals surface area contributed by atoms with Gasteiger partial charge in [-0.15, -0.1) is 12.4 Å². The smallest absolute Gasteiger partial charge is 0.333 e. The van der Waals surface area contributed by atoms with Gasteiger partial charge < -0.3 is 10.2 Å². The Morgan fingerprint density at radius 2 is 1.91 bits per heavy atom. The molecule has 0 bridgehead atoms. The van der Waals surface area contributed by atoms with Crippen LogP contribution in [-0.2, 0) is 11.2 Å². The van der Waals surface area contributed by atoms with Crippen LogP contribution in [0.25, 0.3) is 0 Å². The molecule has 0 radical (unpaired) electrons. The van der Waals surface area contributed by atoms with Crippen molar-refractivity contribution in [2.45, 2.75) is 26.8 Å². The molecule has 5 nitrogen and oxygen atoms in total. The highest BCUT2D eigenvalue weighted by molar-refractivity contribution is 5.85. The summed E-state index contributed by atoms with van der Waals surface area (Å²) in [6, 6.07) is 0. The number of carbonyl (C=O) groups is 1. The van der Waals surface area contributed by atoms with Crippen LogP contribution >= 0.6 is 12.4 Å². The zero-order valence-electron chi connectivity index (χ0n) is 12.7. The van der Waals surface area contributed by atoms with Gasteiger partial charge in [-0.1, -0.05) is 0 Å². The summed E-state index contributed by atoms with van der Waals surface area (Å²) in [4.78, 5) is 14.3. The molecule has 2 fully saturated rings. The molecule has 2 saturated heterocycles. The number of hydrogen-bond donors (Lipinski definition) is 1. The minimum atomic E-state index is -2.66. The fourth-order valence-electron chi connectivity index (χ4n) is 3.46. The van der Waals surface area contributed by atoms with Gasteiger partial charge in [-0.05, 0) is 25.7 Å². The van der Waals surface area contributed by atoms with E-state index in [2.05, 4.69) is 10.4 Å². The molecular formula is C14H21ClF2N4O. The molecule has 1 aromatic rings. The average molecular weight is 335 g/mol. The molecule has 3 rings (SSSR count). The molecule has 2 atom stereocenters. The Labute approximate surface area is 134 Å². The quantitative estimate of drug-likeness (QED) is 0.912. The van der Waals surface area contributed by atoms with Gasteiger partial charge in [-0.3, -0.25) is 4.79 Å². The van der Waals surface area contributed by atoms with E-state index in [1.54, 1.807) is 13.8 Å². The van der Waals surface area contributed by atoms with Gasteiger partial charge in [0.05, 0.1) is 12.1 Å². The Hall–Kier alpha value is -1.21. The Morgan fingerprint density at radius 3 is 2.41 bits per heavy atom. The molecule has 1 aromatic heterocycles. The summed E-state index contributed by atoms with van der Waals surface area (Å²) in [6.45, 7) is 4.10. The van der Waals surface area contributed by atoms with E-state index in [1.165, 1.54) is 0 Å². The molecule has 22 heavy (non-hydrogen) atoms. The van der Waals surface area contributed by atoms with E-state index in [0.29, 0.717) is 33.5 Å². The van der Waals surface area contributed by atoms with E-state index in [-0.39, 0.29) is 24.7 Å². The summed E-state index contributed by atoms with van der Waals surface area (Å²) in [5.74, 6) is 1.10. The van der Waals surface area contributed by atoms with E-state index in [4.69, 9.17) is 0 Å². The van der Waals surface area contributed by atoms with Crippen LogP contribution in [-0.4, -0.2) is 46.8 Å². The summed E-state index contributed by atoms with van der Waals surface area (Å²) in [6.07, 6.45) is 0.164. The second kappa shape index (κ2) is 6.50. The fraction of sp³-hybridized carbons (Fsp3) is 0.714. The van der Waals surface area contributed by atoms with Crippen molar-refractivity contribution in [2.75, 3.05) is 26.2 Å². The predicted octanol–water partition coefficient (Wildman–Crippen LogP) is 1.54. The molecule has 1 amide bonds. The van der Waals surface area contributed by atoms with Crippen LogP contribution < -0.4 is 5.32 Å². The summed E-state index contributed by atoms with van der Waals surface area (Å²) in [5.41, 5.74) is 1.54. The van der Waals surface area contributed by atoms with Gasteiger partial charge in [0.25, 0.3) is 0 Å². The zero-order valence-corrected chi connectivity index (χ0v) is 13.5. The molecule has 2 aliphatic heterocycles. The number of nitrogens with one attached hydrogen (secondary N) is 1. The minimum Gasteiger partial charge on any atom is -0.342 e. The van der Waals surface area contributed by atoms with Crippen molar-refractivity contribution in [1.29, 1.82) is 0 Å². The van der Waals surface area contributed by atoms with Crippen LogP contribution in [0.1, 0.15) is 23.5 Å². The maximum Gasteiger partial charge on any atom is 0.333 e. The van der Waals surface area contributed by atoms with Gasteiger partial charge in [0.2, 0.25) is 5.91 Å². The topological polar surface area (TPSA) is 50.2 Å². The normalized spacial score (nSPS) is 23.8. The van der Waals surface area contributed by atoms with Gasteiger partial charge >= 0.3 is 6.55 Å². The summed E-state index contributed by atoms with van der Waals surface area (Å²) in [5, 5.41) is 7.17. The van der Waals surface area contributed by atoms with Crippen molar-refractivity contribution < 1.29 is 13.6 Å². The van der Waals surface area contributed by atoms with E-state index in [1.807, 2.05) is 4.90 Å². The Bertz CT molecular complexity index is 551. The molecule has 3 heterocycles. The molecule has 0 spiro atoms. The monoisotopic (exact) mass is 334 g/mol. The predicted molar refractivity (Wildman–Crippen MR) is 80.3 cm³/mol. The molecule has 2 aliphatic rings. The van der Waals surface area contributed by atoms with Crippen LogP contribution in [0.15, 0.2) is 0 Å². The SMILES string of the molecule is Cc1nn(C(F)F)c(C)c1CC(=O)N1C[C@H]2CNC[C@H]2C1.Cl. The van der Waals surface area contributed by atoms with Crippen LogP contribution in [0.5, 0.6) is 0 Å². The Morgan fingerprint density at radius 1 is 1.32 bits per heavy atom. The number of fused-ring (bicyclic) bond motifs is 1. The third kappa shape index (κ3) is 2.96. The third-order valence-electron chi connectivity index (χ3n) is 4.73. The van der Waals surface area contributed by atoms with E-state index in [9.17, 15) is 13.6 Å². The highest BCUT2D eigenvalue weighted by atomic mass is 35.5. The lowest BCUT2D eigenvalue weighted by Gasteiger charge is -2.17. The van der Waals surface area contributed by atoms with Gasteiger partial charge in [-0.25, -0.2) is 4.68 Å². The van der Waals surface area contributed by atoms with Gasteiger partial charge in [0.1, 0.15) is 0 Å². The lowest BCUT2D eigenvalue weighted by molar-refractivity contribution is -0.129. The minimum absolute atomic E-state index is 0. The molecule has 8 heteroatoms. The molecule has 0 aliphatic carbocycles. The average Bonchev–Trinajstić information content (AvgIpc) is 3.06. The van der Waals surface area contributed by atoms with Crippen LogP contribution in [0.4, 0.5) is 8.78 Å². The molecule has 124 valence electrons. The van der Waals surface area contributed by atoms with Crippen molar-refractivity contribution in [2.24, 2.45) is 11.8 Å². The first-order valence-corrected chi connectivity index (χ1v) is 7.28. The first kappa shape index (κ1) is 17.1. The molecule has 0 saturated carbocycles. The van der Waals surface area contributed by atoms with E-state index in [0.717, 1.165) is 26.2 Å². The highest BCUT2D eigenvalue weighted by Gasteiger charge is 2.38. The second-order valence-corrected chi connectivity index (χ2v) is 6.03. The van der Waals surface area contributed by atoms with Gasteiger partial charge in [0.15, 0.2) is 0 Å². The summed E-state index contributed by atoms with van der Waals surface area (Å²) >= 11 is 0. The van der Waals surface area contributed by atoms with E-state index >= 15 is 0 Å². The van der Waals surface area contributed by atoms with Gasteiger partial charge in [0, 0.05) is 37.4 Å². The molecule has 0 aromatic carbocycles. The number of nitrogens with zero attached hydrogens (tertiary/aromatic N) is 3. The van der Waals surface area contributed by atoms with Crippen molar-refractivity contribution in [3.63, 3.8) is 0 Å². The first-order chi connectivity index (χ1) is 9.97. The standard InChI is InChI=1S/C14H20F2N4O.ClH/c1-8-12(9(2)20(18-8)14(15)16)3-13(21)19-6-10-4-17-5-11(10)7-19;/h10-11,14,17H,3-7H2,1-2H3;1H/t10-,11+;. The maximum absolute atomic E-state index is 12.8.